The summed E-state index contributed by atoms with van der Waals surface area (Å²) >= 11 is 0. The van der Waals surface area contributed by atoms with Gasteiger partial charge in [0.15, 0.2) is 5.82 Å². The fraction of sp³-hybridized carbons (Fsp3) is 0.167. The Morgan fingerprint density at radius 2 is 2.25 bits per heavy atom. The van der Waals surface area contributed by atoms with Gasteiger partial charge in [0, 0.05) is 6.42 Å². The van der Waals surface area contributed by atoms with Crippen LogP contribution in [-0.4, -0.2) is 15.1 Å². The van der Waals surface area contributed by atoms with Crippen molar-refractivity contribution in [2.45, 2.75) is 13.3 Å². The molecule has 0 fully saturated rings. The molecule has 16 heavy (non-hydrogen) atoms. The van der Waals surface area contributed by atoms with Crippen molar-refractivity contribution in [3.63, 3.8) is 0 Å². The lowest BCUT2D eigenvalue weighted by Gasteiger charge is -1.96. The molecule has 0 atom stereocenters. The highest BCUT2D eigenvalue weighted by Gasteiger charge is 2.11. The Hall–Kier alpha value is -2.28. The zero-order valence-corrected chi connectivity index (χ0v) is 8.86. The summed E-state index contributed by atoms with van der Waals surface area (Å²) in [5.41, 5.74) is 1.85. The second kappa shape index (κ2) is 4.07. The first kappa shape index (κ1) is 10.2. The third-order valence-electron chi connectivity index (χ3n) is 2.36. The van der Waals surface area contributed by atoms with Crippen LogP contribution in [0.4, 0.5) is 0 Å². The maximum Gasteiger partial charge on any atom is 0.152 e. The minimum absolute atomic E-state index is 0.0570. The topological polar surface area (TPSA) is 72.7 Å². The van der Waals surface area contributed by atoms with Gasteiger partial charge in [-0.15, -0.1) is 0 Å². The second-order valence-electron chi connectivity index (χ2n) is 3.39. The van der Waals surface area contributed by atoms with Gasteiger partial charge in [-0.25, -0.2) is 4.98 Å². The van der Waals surface area contributed by atoms with E-state index in [9.17, 15) is 5.11 Å². The average molecular weight is 213 g/mol. The van der Waals surface area contributed by atoms with Gasteiger partial charge < -0.3 is 10.1 Å². The minimum Gasteiger partial charge on any atom is -0.511 e. The van der Waals surface area contributed by atoms with E-state index < -0.39 is 0 Å². The Morgan fingerprint density at radius 3 is 2.88 bits per heavy atom. The third kappa shape index (κ3) is 1.63. The van der Waals surface area contributed by atoms with Crippen molar-refractivity contribution in [3.05, 3.63) is 35.8 Å². The van der Waals surface area contributed by atoms with Gasteiger partial charge in [0.1, 0.15) is 17.4 Å². The van der Waals surface area contributed by atoms with Gasteiger partial charge in [-0.2, -0.15) is 5.26 Å². The van der Waals surface area contributed by atoms with E-state index in [1.807, 2.05) is 30.3 Å². The van der Waals surface area contributed by atoms with E-state index in [0.717, 1.165) is 11.0 Å². The number of hydrogen-bond donors (Lipinski definition) is 2. The number of imidazole rings is 1. The van der Waals surface area contributed by atoms with E-state index >= 15 is 0 Å². The lowest BCUT2D eigenvalue weighted by atomic mass is 10.2. The normalized spacial score (nSPS) is 12.2. The highest BCUT2D eigenvalue weighted by Crippen LogP contribution is 2.19. The van der Waals surface area contributed by atoms with E-state index in [1.54, 1.807) is 6.92 Å². The zero-order chi connectivity index (χ0) is 11.5. The van der Waals surface area contributed by atoms with Crippen molar-refractivity contribution >= 4 is 16.6 Å². The van der Waals surface area contributed by atoms with Crippen molar-refractivity contribution in [1.29, 1.82) is 5.26 Å². The summed E-state index contributed by atoms with van der Waals surface area (Å²) in [6.45, 7) is 1.79. The fourth-order valence-electron chi connectivity index (χ4n) is 1.50. The highest BCUT2D eigenvalue weighted by molar-refractivity contribution is 5.82. The number of aliphatic hydroxyl groups is 1. The monoisotopic (exact) mass is 213 g/mol. The van der Waals surface area contributed by atoms with Gasteiger partial charge in [-0.05, 0) is 12.1 Å². The van der Waals surface area contributed by atoms with Crippen LogP contribution in [0.25, 0.3) is 16.6 Å². The zero-order valence-electron chi connectivity index (χ0n) is 8.86. The van der Waals surface area contributed by atoms with E-state index in [-0.39, 0.29) is 11.3 Å². The van der Waals surface area contributed by atoms with Gasteiger partial charge >= 0.3 is 0 Å². The molecular formula is C12H11N3O. The second-order valence-corrected chi connectivity index (χ2v) is 3.39. The third-order valence-corrected chi connectivity index (χ3v) is 2.36. The molecule has 0 aliphatic rings. The molecule has 80 valence electrons. The summed E-state index contributed by atoms with van der Waals surface area (Å²) in [5.74, 6) is 0.476. The Labute approximate surface area is 92.9 Å². The van der Waals surface area contributed by atoms with E-state index in [1.165, 1.54) is 0 Å². The maximum absolute atomic E-state index is 9.59. The molecule has 0 bridgehead atoms. The highest BCUT2D eigenvalue weighted by atomic mass is 16.3. The van der Waals surface area contributed by atoms with Crippen LogP contribution in [-0.2, 0) is 0 Å². The first-order chi connectivity index (χ1) is 7.76. The molecule has 2 rings (SSSR count). The smallest absolute Gasteiger partial charge is 0.152 e. The van der Waals surface area contributed by atoms with Crippen molar-refractivity contribution < 1.29 is 5.11 Å². The van der Waals surface area contributed by atoms with Crippen molar-refractivity contribution in [1.82, 2.24) is 9.97 Å². The summed E-state index contributed by atoms with van der Waals surface area (Å²) in [4.78, 5) is 7.27. The van der Waals surface area contributed by atoms with Crippen molar-refractivity contribution in [2.75, 3.05) is 0 Å². The number of aliphatic hydroxyl groups excluding tert-OH is 1. The van der Waals surface area contributed by atoms with Crippen LogP contribution < -0.4 is 0 Å². The Kier molecular flexibility index (Phi) is 2.61. The number of benzene rings is 1. The van der Waals surface area contributed by atoms with Crippen molar-refractivity contribution in [3.8, 4) is 6.07 Å². The largest absolute Gasteiger partial charge is 0.511 e. The van der Waals surface area contributed by atoms with Crippen LogP contribution in [0, 0.1) is 11.3 Å². The molecule has 4 nitrogen and oxygen atoms in total. The van der Waals surface area contributed by atoms with Crippen LogP contribution in [0.5, 0.6) is 0 Å². The average Bonchev–Trinajstić information content (AvgIpc) is 2.72. The van der Waals surface area contributed by atoms with E-state index in [0.29, 0.717) is 12.2 Å². The Morgan fingerprint density at radius 1 is 1.50 bits per heavy atom. The first-order valence-corrected chi connectivity index (χ1v) is 5.03. The van der Waals surface area contributed by atoms with E-state index in [4.69, 9.17) is 5.26 Å². The fourth-order valence-corrected chi connectivity index (χ4v) is 1.50. The number of H-pyrrole nitrogens is 1. The summed E-state index contributed by atoms with van der Waals surface area (Å²) in [5, 5.41) is 18.6. The molecule has 4 heteroatoms. The molecule has 0 saturated heterocycles. The molecule has 1 heterocycles. The number of nitriles is 1. The number of rotatable bonds is 2. The molecular weight excluding hydrogens is 202 g/mol. The van der Waals surface area contributed by atoms with Gasteiger partial charge in [-0.1, -0.05) is 19.1 Å². The number of fused-ring (bicyclic) bond motifs is 1. The molecule has 0 radical (unpaired) electrons. The lowest BCUT2D eigenvalue weighted by molar-refractivity contribution is 0.398. The van der Waals surface area contributed by atoms with Crippen LogP contribution >= 0.6 is 0 Å². The van der Waals surface area contributed by atoms with Gasteiger partial charge in [0.2, 0.25) is 0 Å². The van der Waals surface area contributed by atoms with Crippen LogP contribution in [0.3, 0.4) is 0 Å². The molecule has 0 unspecified atom stereocenters. The number of allylic oxidation sites excluding steroid dienone is 2. The van der Waals surface area contributed by atoms with Gasteiger partial charge in [0.25, 0.3) is 0 Å². The van der Waals surface area contributed by atoms with E-state index in [2.05, 4.69) is 9.97 Å². The van der Waals surface area contributed by atoms with Gasteiger partial charge in [0.05, 0.1) is 11.0 Å². The summed E-state index contributed by atoms with van der Waals surface area (Å²) in [6.07, 6.45) is 0.417. The van der Waals surface area contributed by atoms with Crippen LogP contribution in [0.2, 0.25) is 0 Å². The number of nitrogens with one attached hydrogen (secondary N) is 1. The number of hydrogen-bond acceptors (Lipinski definition) is 3. The number of aromatic amines is 1. The van der Waals surface area contributed by atoms with Crippen LogP contribution in [0.15, 0.2) is 30.0 Å². The Balaban J connectivity index is 2.60. The molecule has 0 amide bonds. The predicted octanol–water partition coefficient (Wildman–Crippen LogP) is 2.77. The predicted molar refractivity (Wildman–Crippen MR) is 61.5 cm³/mol. The first-order valence-electron chi connectivity index (χ1n) is 5.03. The summed E-state index contributed by atoms with van der Waals surface area (Å²) in [7, 11) is 0. The minimum atomic E-state index is 0.0570. The van der Waals surface area contributed by atoms with Crippen LogP contribution in [0.1, 0.15) is 19.2 Å². The molecule has 0 saturated carbocycles. The number of aromatic nitrogens is 2. The molecule has 2 N–H and O–H groups in total. The molecule has 1 aromatic heterocycles. The summed E-state index contributed by atoms with van der Waals surface area (Å²) < 4.78 is 0. The Bertz CT molecular complexity index is 557. The molecule has 0 aliphatic carbocycles. The standard InChI is InChI=1S/C12H11N3O/c1-2-11(16)8(7-13)12-14-9-5-3-4-6-10(9)15-12/h3-6,16H,2H2,1H3,(H,14,15). The molecule has 2 aromatic rings. The molecule has 0 aliphatic heterocycles. The molecule has 1 aromatic carbocycles. The maximum atomic E-state index is 9.59. The summed E-state index contributed by atoms with van der Waals surface area (Å²) in [6, 6.07) is 9.47. The van der Waals surface area contributed by atoms with Gasteiger partial charge in [-0.3, -0.25) is 0 Å². The number of para-hydroxylation sites is 2. The lowest BCUT2D eigenvalue weighted by Crippen LogP contribution is -1.90. The SMILES string of the molecule is CCC(O)=C(C#N)c1nc2ccccc2[nH]1. The number of nitrogens with zero attached hydrogens (tertiary/aromatic N) is 2. The molecule has 0 spiro atoms. The van der Waals surface area contributed by atoms with Crippen molar-refractivity contribution in [2.24, 2.45) is 0 Å². The quantitative estimate of drug-likeness (QED) is 0.595.